The van der Waals surface area contributed by atoms with Crippen LogP contribution >= 0.6 is 11.8 Å². The van der Waals surface area contributed by atoms with Gasteiger partial charge >= 0.3 is 0 Å². The number of phenols is 1. The molecule has 4 aromatic rings. The molecule has 3 aromatic carbocycles. The van der Waals surface area contributed by atoms with E-state index in [-0.39, 0.29) is 127 Å². The number of hydrogen-bond acceptors (Lipinski definition) is 21. The topological polar surface area (TPSA) is 555 Å². The number of benzene rings is 3. The number of phenolic OH excluding ortho intramolecular Hbond substituents is 1. The van der Waals surface area contributed by atoms with E-state index in [1.165, 1.54) is 59.7 Å². The molecule has 0 saturated carbocycles. The maximum absolute atomic E-state index is 14.7. The number of anilines is 1. The lowest BCUT2D eigenvalue weighted by Gasteiger charge is -2.32. The van der Waals surface area contributed by atoms with Gasteiger partial charge in [0.05, 0.1) is 28.5 Å². The molecule has 3 heterocycles. The number of nitrogens with zero attached hydrogens (tertiary/aromatic N) is 5. The fraction of sp³-hybridized carbons (Fsp3) is 0.536. The molecule has 6 rings (SSSR count). The third kappa shape index (κ3) is 24.9. The summed E-state index contributed by atoms with van der Waals surface area (Å²) in [7, 11) is 0. The molecule has 105 heavy (non-hydrogen) atoms. The molecule has 1 aromatic heterocycles. The number of para-hydroxylation sites is 1. The van der Waals surface area contributed by atoms with Crippen LogP contribution in [0.2, 0.25) is 0 Å². The van der Waals surface area contributed by atoms with Crippen molar-refractivity contribution in [3.63, 3.8) is 0 Å². The number of nitrogens with one attached hydrogen (secondary N) is 9. The highest BCUT2D eigenvalue weighted by atomic mass is 32.2. The van der Waals surface area contributed by atoms with Crippen molar-refractivity contribution in [2.75, 3.05) is 50.0 Å². The zero-order valence-corrected chi connectivity index (χ0v) is 60.3. The summed E-state index contributed by atoms with van der Waals surface area (Å²) in [6.45, 7) is 5.00. The molecule has 0 radical (unpaired) electrons. The second-order valence-electron chi connectivity index (χ2n) is 26.2. The van der Waals surface area contributed by atoms with Crippen LogP contribution in [0.3, 0.4) is 0 Å². The molecule has 11 atom stereocenters. The predicted molar refractivity (Wildman–Crippen MR) is 392 cm³/mol. The number of nitrogens with two attached hydrogens (primary N) is 5. The number of aliphatic imine (C=N–C) groups is 1. The standard InChI is InChI=1S/C69H99N19O16S/c1-5-14-51(62(94)83-55(35-43-38-76-48-16-7-6-15-46(43)48)64(96)81-52(27-32-105-4)61(93)75-29-11-9-17-50(59(72)91)79-49-26-23-44(87(101)102)36-58(49)88(103)104)80-60(92)39(2)78-63(95)54(33-41-21-24-45(90)25-22-41)84-66(98)57-20-13-31-86(57)68(100)53(18-8-10-28-70)82-65(97)56-19-12-30-85(56)67(99)47(71)34-42(40(3)89)37-77-69(73)74/h6-7,15-16,21-26,36,38-39,42,47,50-57,76,79,90H,5,8-14,17-20,27-35,37,70-71H2,1-4H3,(H2,72,91)(H,75,93)(H,78,95)(H,80,92)(H,81,96)(H,82,97)(H,83,94)(H,84,98)(H4,73,74,77)/t39-,42?,47-,50-,51-,52-,53-,54-,55-,56-,57-/m0/s1. The molecule has 20 N–H and O–H groups in total. The Morgan fingerprint density at radius 3 is 1.90 bits per heavy atom. The first-order valence-corrected chi connectivity index (χ1v) is 36.5. The summed E-state index contributed by atoms with van der Waals surface area (Å²) in [6, 6.07) is 3.86. The van der Waals surface area contributed by atoms with E-state index in [0.717, 1.165) is 29.1 Å². The number of non-ortho nitro benzene ring substituents is 1. The van der Waals surface area contributed by atoms with Gasteiger partial charge in [-0.25, -0.2) is 0 Å². The van der Waals surface area contributed by atoms with Gasteiger partial charge in [-0.1, -0.05) is 43.7 Å². The number of aromatic amines is 1. The predicted octanol–water partition coefficient (Wildman–Crippen LogP) is 0.516. The van der Waals surface area contributed by atoms with Crippen molar-refractivity contribution in [1.29, 1.82) is 0 Å². The number of nitro benzene ring substituents is 2. The summed E-state index contributed by atoms with van der Waals surface area (Å²) < 4.78 is 0. The number of aromatic nitrogens is 1. The van der Waals surface area contributed by atoms with E-state index in [0.29, 0.717) is 49.0 Å². The summed E-state index contributed by atoms with van der Waals surface area (Å²) in [5, 5.41) is 56.0. The number of carbonyl (C=O) groups is 11. The molecule has 572 valence electrons. The van der Waals surface area contributed by atoms with E-state index in [1.807, 2.05) is 24.5 Å². The Morgan fingerprint density at radius 1 is 0.686 bits per heavy atom. The molecule has 36 heteroatoms. The number of thioether (sulfide) groups is 1. The molecule has 0 bridgehead atoms. The molecule has 1 unspecified atom stereocenters. The van der Waals surface area contributed by atoms with Gasteiger partial charge in [-0.05, 0) is 151 Å². The average Bonchev–Trinajstić information content (AvgIpc) is 1.76. The minimum Gasteiger partial charge on any atom is -0.508 e. The zero-order chi connectivity index (χ0) is 77.0. The molecule has 2 aliphatic rings. The Hall–Kier alpha value is -10.5. The zero-order valence-electron chi connectivity index (χ0n) is 59.4. The number of rotatable bonds is 43. The molecule has 2 aliphatic heterocycles. The molecular formula is C69H99N19O16S. The maximum atomic E-state index is 14.7. The van der Waals surface area contributed by atoms with E-state index in [4.69, 9.17) is 28.7 Å². The fourth-order valence-electron chi connectivity index (χ4n) is 12.6. The number of hydrogen-bond donors (Lipinski definition) is 15. The molecule has 0 spiro atoms. The first-order chi connectivity index (χ1) is 50.0. The number of H-pyrrole nitrogens is 1. The summed E-state index contributed by atoms with van der Waals surface area (Å²) in [4.78, 5) is 185. The fourth-order valence-corrected chi connectivity index (χ4v) is 13.0. The lowest BCUT2D eigenvalue weighted by Crippen LogP contribution is -2.60. The smallest absolute Gasteiger partial charge is 0.299 e. The van der Waals surface area contributed by atoms with Crippen LogP contribution in [0.15, 0.2) is 77.9 Å². The van der Waals surface area contributed by atoms with Crippen molar-refractivity contribution in [1.82, 2.24) is 52.0 Å². The normalized spacial score (nSPS) is 16.7. The highest BCUT2D eigenvalue weighted by Gasteiger charge is 2.43. The van der Waals surface area contributed by atoms with Crippen LogP contribution in [-0.2, 0) is 65.6 Å². The van der Waals surface area contributed by atoms with E-state index in [2.05, 4.69) is 52.5 Å². The van der Waals surface area contributed by atoms with Crippen LogP contribution in [0.5, 0.6) is 5.75 Å². The van der Waals surface area contributed by atoms with Crippen molar-refractivity contribution in [3.8, 4) is 5.75 Å². The maximum Gasteiger partial charge on any atom is 0.299 e. The summed E-state index contributed by atoms with van der Waals surface area (Å²) in [5.74, 6) is -8.06. The van der Waals surface area contributed by atoms with Gasteiger partial charge in [0.1, 0.15) is 71.6 Å². The molecule has 35 nitrogen and oxygen atoms in total. The number of Topliss-reactive ketones (excluding diaryl/α,β-unsaturated/α-hetero) is 1. The van der Waals surface area contributed by atoms with E-state index in [1.54, 1.807) is 19.2 Å². The molecule has 0 aliphatic carbocycles. The SMILES string of the molecule is CCC[C@H](NC(=O)[C@H](C)NC(=O)[C@H](Cc1ccc(O)cc1)NC(=O)[C@@H]1CCCN1C(=O)[C@H](CCCCN)NC(=O)[C@@H]1CCCN1C(=O)[C@@H](N)CC(CN=C(N)N)C(C)=O)C(=O)N[C@@H](Cc1c[nH]c2ccccc12)C(=O)N[C@@H](CCSC)C(=O)NCCCC[C@H](Nc1ccc([N+](=O)[O-])cc1[N+](=O)[O-])C(N)=O. The minimum absolute atomic E-state index is 0.0543. The minimum atomic E-state index is -1.40. The van der Waals surface area contributed by atoms with Gasteiger partial charge < -0.3 is 91.1 Å². The van der Waals surface area contributed by atoms with Gasteiger partial charge in [0.2, 0.25) is 59.1 Å². The van der Waals surface area contributed by atoms with Gasteiger partial charge in [-0.3, -0.25) is 78.0 Å². The van der Waals surface area contributed by atoms with Crippen molar-refractivity contribution in [2.24, 2.45) is 39.6 Å². The Morgan fingerprint density at radius 2 is 1.28 bits per heavy atom. The van der Waals surface area contributed by atoms with E-state index in [9.17, 15) is 78.1 Å². The molecular weight excluding hydrogens is 1380 g/mol. The number of aromatic hydroxyl groups is 1. The van der Waals surface area contributed by atoms with Crippen LogP contribution in [-0.4, -0.2) is 206 Å². The van der Waals surface area contributed by atoms with Crippen LogP contribution in [0.25, 0.3) is 10.9 Å². The van der Waals surface area contributed by atoms with Crippen molar-refractivity contribution in [3.05, 3.63) is 104 Å². The Balaban J connectivity index is 1.13. The van der Waals surface area contributed by atoms with Crippen LogP contribution in [0.1, 0.15) is 122 Å². The first-order valence-electron chi connectivity index (χ1n) is 35.1. The molecule has 10 amide bonds. The van der Waals surface area contributed by atoms with Crippen molar-refractivity contribution < 1.29 is 67.7 Å². The quantitative estimate of drug-likeness (QED) is 0.00944. The summed E-state index contributed by atoms with van der Waals surface area (Å²) >= 11 is 1.41. The summed E-state index contributed by atoms with van der Waals surface area (Å²) in [6.07, 6.45) is 6.57. The highest BCUT2D eigenvalue weighted by Crippen LogP contribution is 2.31. The number of ketones is 1. The summed E-state index contributed by atoms with van der Waals surface area (Å²) in [5.41, 5.74) is 29.3. The van der Waals surface area contributed by atoms with Crippen molar-refractivity contribution >= 4 is 111 Å². The van der Waals surface area contributed by atoms with E-state index >= 15 is 0 Å². The number of carbonyl (C=O) groups excluding carboxylic acids is 11. The Labute approximate surface area is 611 Å². The molecule has 2 fully saturated rings. The van der Waals surface area contributed by atoms with Gasteiger partial charge in [-0.15, -0.1) is 0 Å². The first kappa shape index (κ1) is 83.5. The highest BCUT2D eigenvalue weighted by molar-refractivity contribution is 7.98. The van der Waals surface area contributed by atoms with Gasteiger partial charge in [0.25, 0.3) is 11.4 Å². The Kier molecular flexibility index (Phi) is 32.7. The van der Waals surface area contributed by atoms with Crippen molar-refractivity contribution in [2.45, 2.75) is 184 Å². The number of amides is 10. The van der Waals surface area contributed by atoms with Crippen LogP contribution < -0.4 is 71.2 Å². The number of unbranched alkanes of at least 4 members (excludes halogenated alkanes) is 2. The number of primary amides is 1. The molecule has 2 saturated heterocycles. The van der Waals surface area contributed by atoms with Crippen LogP contribution in [0, 0.1) is 26.1 Å². The second-order valence-corrected chi connectivity index (χ2v) is 27.2. The Bertz CT molecular complexity index is 3760. The number of guanidine groups is 1. The second kappa shape index (κ2) is 41.1. The third-order valence-electron chi connectivity index (χ3n) is 18.4. The third-order valence-corrected chi connectivity index (χ3v) is 19.0. The lowest BCUT2D eigenvalue weighted by molar-refractivity contribution is -0.393. The number of fused-ring (bicyclic) bond motifs is 1. The lowest BCUT2D eigenvalue weighted by atomic mass is 9.95. The number of nitro groups is 2. The van der Waals surface area contributed by atoms with E-state index < -0.39 is 147 Å². The monoisotopic (exact) mass is 1480 g/mol. The van der Waals surface area contributed by atoms with Gasteiger partial charge in [0.15, 0.2) is 5.96 Å². The largest absolute Gasteiger partial charge is 0.508 e. The van der Waals surface area contributed by atoms with Crippen LogP contribution in [0.4, 0.5) is 17.1 Å². The van der Waals surface area contributed by atoms with Gasteiger partial charge in [-0.2, -0.15) is 11.8 Å². The van der Waals surface area contributed by atoms with Gasteiger partial charge in [0, 0.05) is 61.6 Å². The number of likely N-dealkylation sites (tertiary alicyclic amines) is 2. The average molecular weight is 1480 g/mol.